The maximum Gasteiger partial charge on any atom is 0.179 e. The Morgan fingerprint density at radius 1 is 1.50 bits per heavy atom. The minimum Gasteiger partial charge on any atom is -0.490 e. The van der Waals surface area contributed by atoms with Crippen molar-refractivity contribution in [2.75, 3.05) is 6.61 Å². The van der Waals surface area contributed by atoms with Crippen LogP contribution in [0.25, 0.3) is 0 Å². The van der Waals surface area contributed by atoms with E-state index in [0.717, 1.165) is 6.42 Å². The standard InChI is InChI=1S/C9H10BrFO/c1-2-6-12-8-5-3-4-7(10)9(8)11/h3-5H,2,6H2,1H3. The van der Waals surface area contributed by atoms with Crippen LogP contribution >= 0.6 is 15.9 Å². The van der Waals surface area contributed by atoms with Crippen molar-refractivity contribution in [3.05, 3.63) is 28.5 Å². The lowest BCUT2D eigenvalue weighted by Gasteiger charge is -2.05. The molecule has 0 radical (unpaired) electrons. The average molecular weight is 233 g/mol. The number of rotatable bonds is 3. The zero-order valence-electron chi connectivity index (χ0n) is 6.81. The van der Waals surface area contributed by atoms with Crippen LogP contribution in [0.15, 0.2) is 22.7 Å². The molecular formula is C9H10BrFO. The summed E-state index contributed by atoms with van der Waals surface area (Å²) in [5.41, 5.74) is 0. The van der Waals surface area contributed by atoms with Gasteiger partial charge < -0.3 is 4.74 Å². The van der Waals surface area contributed by atoms with Crippen LogP contribution in [0.3, 0.4) is 0 Å². The molecule has 12 heavy (non-hydrogen) atoms. The van der Waals surface area contributed by atoms with Gasteiger partial charge in [0.15, 0.2) is 11.6 Å². The third-order valence-corrected chi connectivity index (χ3v) is 1.99. The van der Waals surface area contributed by atoms with Gasteiger partial charge in [-0.25, -0.2) is 4.39 Å². The first-order valence-corrected chi connectivity index (χ1v) is 4.61. The van der Waals surface area contributed by atoms with Crippen LogP contribution in [-0.2, 0) is 0 Å². The summed E-state index contributed by atoms with van der Waals surface area (Å²) >= 11 is 3.08. The molecule has 0 N–H and O–H groups in total. The van der Waals surface area contributed by atoms with Gasteiger partial charge in [-0.1, -0.05) is 13.0 Å². The van der Waals surface area contributed by atoms with Crippen molar-refractivity contribution in [1.82, 2.24) is 0 Å². The van der Waals surface area contributed by atoms with Gasteiger partial charge in [-0.05, 0) is 34.5 Å². The van der Waals surface area contributed by atoms with Crippen molar-refractivity contribution in [2.45, 2.75) is 13.3 Å². The monoisotopic (exact) mass is 232 g/mol. The van der Waals surface area contributed by atoms with Crippen LogP contribution in [0.2, 0.25) is 0 Å². The molecule has 0 aliphatic heterocycles. The summed E-state index contributed by atoms with van der Waals surface area (Å²) in [5, 5.41) is 0. The van der Waals surface area contributed by atoms with Crippen molar-refractivity contribution in [1.29, 1.82) is 0 Å². The second-order valence-electron chi connectivity index (χ2n) is 2.40. The van der Waals surface area contributed by atoms with E-state index in [1.807, 2.05) is 6.92 Å². The summed E-state index contributed by atoms with van der Waals surface area (Å²) in [6.45, 7) is 2.53. The van der Waals surface area contributed by atoms with Crippen LogP contribution in [0, 0.1) is 5.82 Å². The fraction of sp³-hybridized carbons (Fsp3) is 0.333. The molecular weight excluding hydrogens is 223 g/mol. The molecule has 0 aromatic heterocycles. The Balaban J connectivity index is 2.78. The first kappa shape index (κ1) is 9.52. The minimum absolute atomic E-state index is 0.311. The summed E-state index contributed by atoms with van der Waals surface area (Å²) in [5.74, 6) is -0.0165. The Kier molecular flexibility index (Phi) is 3.53. The Labute approximate surface area is 79.7 Å². The van der Waals surface area contributed by atoms with E-state index in [4.69, 9.17) is 4.74 Å². The molecule has 0 bridgehead atoms. The van der Waals surface area contributed by atoms with Crippen molar-refractivity contribution in [3.8, 4) is 5.75 Å². The largest absolute Gasteiger partial charge is 0.490 e. The summed E-state index contributed by atoms with van der Waals surface area (Å²) in [6, 6.07) is 5.02. The van der Waals surface area contributed by atoms with Crippen molar-refractivity contribution in [3.63, 3.8) is 0 Å². The van der Waals surface area contributed by atoms with Gasteiger partial charge in [-0.3, -0.25) is 0 Å². The number of hydrogen-bond donors (Lipinski definition) is 0. The molecule has 1 rings (SSSR count). The van der Waals surface area contributed by atoms with Crippen LogP contribution in [0.1, 0.15) is 13.3 Å². The van der Waals surface area contributed by atoms with Gasteiger partial charge in [0.25, 0.3) is 0 Å². The molecule has 0 fully saturated rings. The molecule has 66 valence electrons. The predicted molar refractivity (Wildman–Crippen MR) is 49.9 cm³/mol. The highest BCUT2D eigenvalue weighted by Crippen LogP contribution is 2.24. The SMILES string of the molecule is CCCOc1cccc(Br)c1F. The Morgan fingerprint density at radius 2 is 2.25 bits per heavy atom. The van der Waals surface area contributed by atoms with Gasteiger partial charge in [0, 0.05) is 0 Å². The number of halogens is 2. The molecule has 0 heterocycles. The Hall–Kier alpha value is -0.570. The van der Waals surface area contributed by atoms with E-state index in [-0.39, 0.29) is 5.82 Å². The maximum absolute atomic E-state index is 13.2. The molecule has 0 aliphatic carbocycles. The third-order valence-electron chi connectivity index (χ3n) is 1.38. The number of benzene rings is 1. The van der Waals surface area contributed by atoms with E-state index in [0.29, 0.717) is 16.8 Å². The lowest BCUT2D eigenvalue weighted by molar-refractivity contribution is 0.300. The summed E-state index contributed by atoms with van der Waals surface area (Å²) < 4.78 is 18.8. The molecule has 1 nitrogen and oxygen atoms in total. The van der Waals surface area contributed by atoms with Gasteiger partial charge >= 0.3 is 0 Å². The van der Waals surface area contributed by atoms with E-state index < -0.39 is 0 Å². The topological polar surface area (TPSA) is 9.23 Å². The molecule has 0 atom stereocenters. The van der Waals surface area contributed by atoms with Gasteiger partial charge in [0.05, 0.1) is 11.1 Å². The highest BCUT2D eigenvalue weighted by Gasteiger charge is 2.05. The molecule has 0 spiro atoms. The predicted octanol–water partition coefficient (Wildman–Crippen LogP) is 3.38. The molecule has 1 aromatic rings. The fourth-order valence-electron chi connectivity index (χ4n) is 0.808. The second kappa shape index (κ2) is 4.45. The quantitative estimate of drug-likeness (QED) is 0.777. The Bertz CT molecular complexity index is 263. The first-order valence-electron chi connectivity index (χ1n) is 3.82. The molecule has 0 amide bonds. The van der Waals surface area contributed by atoms with E-state index in [1.54, 1.807) is 18.2 Å². The van der Waals surface area contributed by atoms with Crippen LogP contribution < -0.4 is 4.74 Å². The molecule has 0 unspecified atom stereocenters. The zero-order valence-corrected chi connectivity index (χ0v) is 8.40. The minimum atomic E-state index is -0.328. The smallest absolute Gasteiger partial charge is 0.179 e. The molecule has 3 heteroatoms. The van der Waals surface area contributed by atoms with Gasteiger partial charge in [-0.15, -0.1) is 0 Å². The van der Waals surface area contributed by atoms with E-state index in [1.165, 1.54) is 0 Å². The van der Waals surface area contributed by atoms with E-state index >= 15 is 0 Å². The van der Waals surface area contributed by atoms with Crippen LogP contribution in [0.5, 0.6) is 5.75 Å². The molecule has 1 aromatic carbocycles. The van der Waals surface area contributed by atoms with Gasteiger partial charge in [-0.2, -0.15) is 0 Å². The van der Waals surface area contributed by atoms with Crippen molar-refractivity contribution < 1.29 is 9.13 Å². The molecule has 0 saturated carbocycles. The third kappa shape index (κ3) is 2.21. The second-order valence-corrected chi connectivity index (χ2v) is 3.25. The van der Waals surface area contributed by atoms with Crippen LogP contribution in [0.4, 0.5) is 4.39 Å². The highest BCUT2D eigenvalue weighted by atomic mass is 79.9. The number of hydrogen-bond acceptors (Lipinski definition) is 1. The molecule has 0 saturated heterocycles. The van der Waals surface area contributed by atoms with Crippen molar-refractivity contribution >= 4 is 15.9 Å². The average Bonchev–Trinajstić information content (AvgIpc) is 2.08. The summed E-state index contributed by atoms with van der Waals surface area (Å²) in [4.78, 5) is 0. The lowest BCUT2D eigenvalue weighted by Crippen LogP contribution is -1.97. The Morgan fingerprint density at radius 3 is 2.92 bits per heavy atom. The molecule has 0 aliphatic rings. The van der Waals surface area contributed by atoms with Crippen LogP contribution in [-0.4, -0.2) is 6.61 Å². The highest BCUT2D eigenvalue weighted by molar-refractivity contribution is 9.10. The summed E-state index contributed by atoms with van der Waals surface area (Å²) in [6.07, 6.45) is 0.881. The fourth-order valence-corrected chi connectivity index (χ4v) is 1.16. The summed E-state index contributed by atoms with van der Waals surface area (Å²) in [7, 11) is 0. The normalized spacial score (nSPS) is 9.92. The van der Waals surface area contributed by atoms with E-state index in [2.05, 4.69) is 15.9 Å². The van der Waals surface area contributed by atoms with Crippen molar-refractivity contribution in [2.24, 2.45) is 0 Å². The first-order chi connectivity index (χ1) is 5.75. The number of ether oxygens (including phenoxy) is 1. The van der Waals surface area contributed by atoms with Gasteiger partial charge in [0.2, 0.25) is 0 Å². The maximum atomic E-state index is 13.2. The zero-order chi connectivity index (χ0) is 8.97. The van der Waals surface area contributed by atoms with E-state index in [9.17, 15) is 4.39 Å². The lowest BCUT2D eigenvalue weighted by atomic mass is 10.3. The van der Waals surface area contributed by atoms with Gasteiger partial charge in [0.1, 0.15) is 0 Å².